The van der Waals surface area contributed by atoms with Crippen LogP contribution in [-0.4, -0.2) is 129 Å². The monoisotopic (exact) mass is 563 g/mol. The summed E-state index contributed by atoms with van der Waals surface area (Å²) in [5.74, 6) is -40.2. The fourth-order valence-electron chi connectivity index (χ4n) is 2.40. The summed E-state index contributed by atoms with van der Waals surface area (Å²) in [4.78, 5) is 11.5. The van der Waals surface area contributed by atoms with Crippen molar-refractivity contribution in [2.45, 2.75) is 72.9 Å². The van der Waals surface area contributed by atoms with Crippen LogP contribution < -0.4 is 0 Å². The maximum atomic E-state index is 13.6. The van der Waals surface area contributed by atoms with E-state index >= 15 is 0 Å². The summed E-state index contributed by atoms with van der Waals surface area (Å²) < 4.78 is 176. The molecule has 0 aromatic rings. The fraction of sp³-hybridized carbons (Fsp3) is 0.929. The van der Waals surface area contributed by atoms with Crippen LogP contribution in [0.1, 0.15) is 6.42 Å². The van der Waals surface area contributed by atoms with Gasteiger partial charge in [-0.05, 0) is 0 Å². The predicted molar refractivity (Wildman–Crippen MR) is 81.0 cm³/mol. The van der Waals surface area contributed by atoms with Crippen LogP contribution in [-0.2, 0) is 14.3 Å². The minimum absolute atomic E-state index is 0. The number of alkyl halides is 13. The van der Waals surface area contributed by atoms with Crippen molar-refractivity contribution in [3.8, 4) is 0 Å². The number of aliphatic hydroxyl groups is 4. The maximum Gasteiger partial charge on any atom is 0.460 e. The van der Waals surface area contributed by atoms with E-state index in [1.165, 1.54) is 0 Å². The van der Waals surface area contributed by atoms with E-state index in [1.54, 1.807) is 0 Å². The number of carbonyl (C=O) groups excluding carboxylic acids is 1. The summed E-state index contributed by atoms with van der Waals surface area (Å²) in [5, 5.41) is 37.1. The predicted octanol–water partition coefficient (Wildman–Crippen LogP) is 1.08. The van der Waals surface area contributed by atoms with Crippen LogP contribution in [0.3, 0.4) is 0 Å². The second kappa shape index (κ2) is 10.6. The van der Waals surface area contributed by atoms with Gasteiger partial charge in [-0.15, -0.1) is 0 Å². The molecule has 0 bridgehead atoms. The molecule has 0 aliphatic carbocycles. The molecule has 5 atom stereocenters. The minimum Gasteiger partial charge on any atom is -0.463 e. The van der Waals surface area contributed by atoms with Crippen molar-refractivity contribution in [1.29, 1.82) is 0 Å². The first-order valence-electron chi connectivity index (χ1n) is 8.38. The summed E-state index contributed by atoms with van der Waals surface area (Å²) in [5.41, 5.74) is 0. The van der Waals surface area contributed by atoms with Crippen molar-refractivity contribution in [2.24, 2.45) is 0 Å². The van der Waals surface area contributed by atoms with Crippen molar-refractivity contribution in [1.82, 2.24) is 0 Å². The second-order valence-electron chi connectivity index (χ2n) is 6.83. The standard InChI is InChI=1S/C14H13F13O7.Na/c15-9(16,1-2-33-7(31)5(30)6-3(28)4(29)8(32)34-6)10(17,18)11(19,20)12(21,22)13(23,24)14(25,26)27;/h3-6,8,28-30,32H,1-2H2;/t3-,4-,5+,6+,8-;/m1./s1. The van der Waals surface area contributed by atoms with Crippen molar-refractivity contribution in [3.63, 3.8) is 0 Å². The van der Waals surface area contributed by atoms with Crippen molar-refractivity contribution >= 4 is 35.5 Å². The molecule has 203 valence electrons. The average molecular weight is 563 g/mol. The molecule has 0 amide bonds. The molecule has 0 spiro atoms. The van der Waals surface area contributed by atoms with Gasteiger partial charge in [0.2, 0.25) is 0 Å². The van der Waals surface area contributed by atoms with E-state index in [-0.39, 0.29) is 29.6 Å². The number of esters is 1. The molecule has 1 heterocycles. The first-order valence-corrected chi connectivity index (χ1v) is 8.38. The van der Waals surface area contributed by atoms with E-state index in [9.17, 15) is 72.1 Å². The Kier molecular flexibility index (Phi) is 10.4. The van der Waals surface area contributed by atoms with Gasteiger partial charge in [-0.3, -0.25) is 0 Å². The summed E-state index contributed by atoms with van der Waals surface area (Å²) in [6, 6.07) is 0. The van der Waals surface area contributed by atoms with Crippen LogP contribution in [0.25, 0.3) is 0 Å². The Balaban J connectivity index is 0.0000116. The molecule has 1 aliphatic rings. The average Bonchev–Trinajstić information content (AvgIpc) is 2.92. The van der Waals surface area contributed by atoms with Gasteiger partial charge < -0.3 is 29.9 Å². The summed E-state index contributed by atoms with van der Waals surface area (Å²) in [6.45, 7) is -2.14. The molecule has 4 N–H and O–H groups in total. The zero-order valence-corrected chi connectivity index (χ0v) is 18.7. The molecule has 1 radical (unpaired) electrons. The molecule has 0 unspecified atom stereocenters. The van der Waals surface area contributed by atoms with Crippen LogP contribution in [0, 0.1) is 0 Å². The van der Waals surface area contributed by atoms with Gasteiger partial charge in [-0.1, -0.05) is 0 Å². The molecule has 1 rings (SSSR count). The first kappa shape index (κ1) is 34.4. The quantitative estimate of drug-likeness (QED) is 0.189. The third kappa shape index (κ3) is 5.78. The number of halogens is 13. The van der Waals surface area contributed by atoms with Gasteiger partial charge in [-0.2, -0.15) is 57.1 Å². The van der Waals surface area contributed by atoms with Gasteiger partial charge in [0.15, 0.2) is 12.4 Å². The molecule has 35 heavy (non-hydrogen) atoms. The number of hydrogen-bond donors (Lipinski definition) is 4. The van der Waals surface area contributed by atoms with Gasteiger partial charge in [0.25, 0.3) is 0 Å². The minimum atomic E-state index is -8.07. The molecule has 1 fully saturated rings. The third-order valence-corrected chi connectivity index (χ3v) is 4.49. The van der Waals surface area contributed by atoms with Crippen molar-refractivity contribution in [3.05, 3.63) is 0 Å². The Bertz CT molecular complexity index is 749. The molecule has 0 aromatic carbocycles. The van der Waals surface area contributed by atoms with Crippen molar-refractivity contribution < 1.29 is 91.8 Å². The Hall–Kier alpha value is -0.640. The summed E-state index contributed by atoms with van der Waals surface area (Å²) in [7, 11) is 0. The van der Waals surface area contributed by atoms with E-state index in [0.29, 0.717) is 0 Å². The van der Waals surface area contributed by atoms with Gasteiger partial charge in [0, 0.05) is 29.6 Å². The smallest absolute Gasteiger partial charge is 0.460 e. The Morgan fingerprint density at radius 3 is 1.57 bits per heavy atom. The molecular weight excluding hydrogens is 550 g/mol. The molecule has 1 saturated heterocycles. The van der Waals surface area contributed by atoms with E-state index in [0.717, 1.165) is 0 Å². The molecular formula is C14H13F13NaO7. The third-order valence-electron chi connectivity index (χ3n) is 4.49. The summed E-state index contributed by atoms with van der Waals surface area (Å²) >= 11 is 0. The molecule has 1 aliphatic heterocycles. The van der Waals surface area contributed by atoms with Crippen LogP contribution >= 0.6 is 0 Å². The SMILES string of the molecule is O=C(OCCC(F)(F)C(F)(F)C(F)(F)C(F)(F)C(F)(F)C(F)(F)F)[C@@H](O)[C@H]1O[C@@H](O)[C@H](O)[C@H]1O.[Na]. The van der Waals surface area contributed by atoms with Crippen LogP contribution in [0.5, 0.6) is 0 Å². The molecule has 0 aromatic heterocycles. The summed E-state index contributed by atoms with van der Waals surface area (Å²) in [6.07, 6.45) is -21.8. The van der Waals surface area contributed by atoms with Crippen molar-refractivity contribution in [2.75, 3.05) is 6.61 Å². The molecule has 21 heteroatoms. The van der Waals surface area contributed by atoms with Gasteiger partial charge in [0.05, 0.1) is 13.0 Å². The zero-order valence-electron chi connectivity index (χ0n) is 16.7. The number of aliphatic hydroxyl groups excluding tert-OH is 4. The van der Waals surface area contributed by atoms with E-state index in [1.807, 2.05) is 0 Å². The molecule has 0 saturated carbocycles. The largest absolute Gasteiger partial charge is 0.463 e. The Morgan fingerprint density at radius 2 is 1.20 bits per heavy atom. The Morgan fingerprint density at radius 1 is 0.771 bits per heavy atom. The number of carbonyl (C=O) groups is 1. The normalized spacial score (nSPS) is 25.7. The number of ether oxygens (including phenoxy) is 2. The fourth-order valence-corrected chi connectivity index (χ4v) is 2.40. The van der Waals surface area contributed by atoms with E-state index in [2.05, 4.69) is 9.47 Å². The van der Waals surface area contributed by atoms with Gasteiger partial charge >= 0.3 is 41.8 Å². The maximum absolute atomic E-state index is 13.6. The number of hydrogen-bond acceptors (Lipinski definition) is 7. The zero-order chi connectivity index (χ0) is 27.3. The van der Waals surface area contributed by atoms with E-state index in [4.69, 9.17) is 10.2 Å². The molecule has 7 nitrogen and oxygen atoms in total. The first-order chi connectivity index (χ1) is 14.9. The topological polar surface area (TPSA) is 116 Å². The van der Waals surface area contributed by atoms with Crippen LogP contribution in [0.2, 0.25) is 0 Å². The van der Waals surface area contributed by atoms with E-state index < -0.39 is 85.5 Å². The van der Waals surface area contributed by atoms with Crippen LogP contribution in [0.4, 0.5) is 57.1 Å². The van der Waals surface area contributed by atoms with Gasteiger partial charge in [-0.25, -0.2) is 4.79 Å². The Labute approximate surface area is 207 Å². The number of rotatable bonds is 9. The van der Waals surface area contributed by atoms with Crippen LogP contribution in [0.15, 0.2) is 0 Å². The van der Waals surface area contributed by atoms with Gasteiger partial charge in [0.1, 0.15) is 18.3 Å². The second-order valence-corrected chi connectivity index (χ2v) is 6.83.